The van der Waals surface area contributed by atoms with Crippen LogP contribution in [-0.4, -0.2) is 17.4 Å². The van der Waals surface area contributed by atoms with Gasteiger partial charge in [-0.25, -0.2) is 0 Å². The van der Waals surface area contributed by atoms with Crippen LogP contribution in [0.1, 0.15) is 34.2 Å². The SMILES string of the molecule is CCc1cccc2c(CCNC(=O)c3coc(CN)c3)c[nH]c12. The maximum atomic E-state index is 12.0. The van der Waals surface area contributed by atoms with Gasteiger partial charge in [0.1, 0.15) is 12.0 Å². The van der Waals surface area contributed by atoms with Crippen molar-refractivity contribution < 1.29 is 9.21 Å². The van der Waals surface area contributed by atoms with Gasteiger partial charge in [0.15, 0.2) is 0 Å². The highest BCUT2D eigenvalue weighted by Gasteiger charge is 2.10. The molecule has 2 aromatic heterocycles. The number of fused-ring (bicyclic) bond motifs is 1. The monoisotopic (exact) mass is 311 g/mol. The summed E-state index contributed by atoms with van der Waals surface area (Å²) in [6.45, 7) is 3.02. The number of benzene rings is 1. The van der Waals surface area contributed by atoms with E-state index in [1.54, 1.807) is 6.07 Å². The Labute approximate surface area is 134 Å². The van der Waals surface area contributed by atoms with E-state index in [0.29, 0.717) is 24.4 Å². The van der Waals surface area contributed by atoms with E-state index >= 15 is 0 Å². The first-order valence-corrected chi connectivity index (χ1v) is 7.86. The van der Waals surface area contributed by atoms with Crippen LogP contribution in [0.5, 0.6) is 0 Å². The summed E-state index contributed by atoms with van der Waals surface area (Å²) in [5, 5.41) is 4.14. The maximum absolute atomic E-state index is 12.0. The first-order valence-electron chi connectivity index (χ1n) is 7.86. The number of carbonyl (C=O) groups is 1. The molecule has 0 bridgehead atoms. The lowest BCUT2D eigenvalue weighted by molar-refractivity contribution is 0.0953. The second-order valence-electron chi connectivity index (χ2n) is 5.52. The Morgan fingerprint density at radius 3 is 2.96 bits per heavy atom. The molecule has 1 amide bonds. The van der Waals surface area contributed by atoms with Gasteiger partial charge >= 0.3 is 0 Å². The molecule has 0 spiro atoms. The molecule has 5 nitrogen and oxygen atoms in total. The van der Waals surface area contributed by atoms with Crippen LogP contribution in [0, 0.1) is 0 Å². The summed E-state index contributed by atoms with van der Waals surface area (Å²) in [4.78, 5) is 15.4. The summed E-state index contributed by atoms with van der Waals surface area (Å²) in [7, 11) is 0. The van der Waals surface area contributed by atoms with E-state index in [1.807, 2.05) is 6.20 Å². The number of aromatic amines is 1. The smallest absolute Gasteiger partial charge is 0.254 e. The summed E-state index contributed by atoms with van der Waals surface area (Å²) in [6.07, 6.45) is 5.25. The van der Waals surface area contributed by atoms with Gasteiger partial charge < -0.3 is 20.5 Å². The molecule has 23 heavy (non-hydrogen) atoms. The first-order chi connectivity index (χ1) is 11.2. The van der Waals surface area contributed by atoms with Gasteiger partial charge in [0, 0.05) is 23.6 Å². The Bertz CT molecular complexity index is 817. The molecule has 0 unspecified atom stereocenters. The molecule has 2 heterocycles. The van der Waals surface area contributed by atoms with Crippen LogP contribution >= 0.6 is 0 Å². The van der Waals surface area contributed by atoms with Crippen molar-refractivity contribution in [1.29, 1.82) is 0 Å². The molecule has 4 N–H and O–H groups in total. The third-order valence-corrected chi connectivity index (χ3v) is 4.07. The van der Waals surface area contributed by atoms with Gasteiger partial charge in [0.05, 0.1) is 12.1 Å². The Morgan fingerprint density at radius 1 is 1.35 bits per heavy atom. The number of H-pyrrole nitrogens is 1. The average molecular weight is 311 g/mol. The van der Waals surface area contributed by atoms with Gasteiger partial charge in [-0.1, -0.05) is 25.1 Å². The number of amides is 1. The lowest BCUT2D eigenvalue weighted by Crippen LogP contribution is -2.25. The van der Waals surface area contributed by atoms with Crippen molar-refractivity contribution in [1.82, 2.24) is 10.3 Å². The number of nitrogens with two attached hydrogens (primary N) is 1. The average Bonchev–Trinajstić information content (AvgIpc) is 3.21. The topological polar surface area (TPSA) is 84.1 Å². The van der Waals surface area contributed by atoms with Gasteiger partial charge in [0.25, 0.3) is 5.91 Å². The van der Waals surface area contributed by atoms with Crippen LogP contribution in [0.3, 0.4) is 0 Å². The van der Waals surface area contributed by atoms with E-state index in [0.717, 1.165) is 12.8 Å². The number of hydrogen-bond acceptors (Lipinski definition) is 3. The third-order valence-electron chi connectivity index (χ3n) is 4.07. The highest BCUT2D eigenvalue weighted by atomic mass is 16.3. The zero-order valence-electron chi connectivity index (χ0n) is 13.2. The van der Waals surface area contributed by atoms with Crippen molar-refractivity contribution in [3.8, 4) is 0 Å². The number of hydrogen-bond donors (Lipinski definition) is 3. The second-order valence-corrected chi connectivity index (χ2v) is 5.52. The van der Waals surface area contributed by atoms with Gasteiger partial charge in [0.2, 0.25) is 0 Å². The number of aromatic nitrogens is 1. The first kappa shape index (κ1) is 15.4. The van der Waals surface area contributed by atoms with Crippen LogP contribution in [0.25, 0.3) is 10.9 Å². The van der Waals surface area contributed by atoms with Crippen molar-refractivity contribution in [3.63, 3.8) is 0 Å². The molecular weight excluding hydrogens is 290 g/mol. The molecule has 0 saturated carbocycles. The number of aryl methyl sites for hydroxylation is 1. The van der Waals surface area contributed by atoms with Gasteiger partial charge in [-0.3, -0.25) is 4.79 Å². The van der Waals surface area contributed by atoms with Crippen molar-refractivity contribution in [2.24, 2.45) is 5.73 Å². The number of para-hydroxylation sites is 1. The fourth-order valence-electron chi connectivity index (χ4n) is 2.80. The van der Waals surface area contributed by atoms with Gasteiger partial charge in [-0.05, 0) is 30.0 Å². The Balaban J connectivity index is 1.63. The largest absolute Gasteiger partial charge is 0.467 e. The van der Waals surface area contributed by atoms with Crippen molar-refractivity contribution >= 4 is 16.8 Å². The summed E-state index contributed by atoms with van der Waals surface area (Å²) >= 11 is 0. The van der Waals surface area contributed by atoms with Crippen LogP contribution in [-0.2, 0) is 19.4 Å². The molecule has 1 aromatic carbocycles. The molecule has 5 heteroatoms. The Morgan fingerprint density at radius 2 is 2.22 bits per heavy atom. The van der Waals surface area contributed by atoms with Crippen LogP contribution < -0.4 is 11.1 Å². The van der Waals surface area contributed by atoms with Crippen molar-refractivity contribution in [2.45, 2.75) is 26.3 Å². The molecule has 3 rings (SSSR count). The molecule has 3 aromatic rings. The van der Waals surface area contributed by atoms with E-state index in [9.17, 15) is 4.79 Å². The minimum absolute atomic E-state index is 0.137. The molecule has 0 aliphatic carbocycles. The zero-order chi connectivity index (χ0) is 16.2. The molecule has 120 valence electrons. The molecule has 0 atom stereocenters. The molecule has 0 aliphatic heterocycles. The second kappa shape index (κ2) is 6.71. The van der Waals surface area contributed by atoms with Crippen LogP contribution in [0.4, 0.5) is 0 Å². The molecule has 0 aliphatic rings. The fraction of sp³-hybridized carbons (Fsp3) is 0.278. The number of furan rings is 1. The summed E-state index contributed by atoms with van der Waals surface area (Å²) in [5.74, 6) is 0.474. The van der Waals surface area contributed by atoms with Crippen molar-refractivity contribution in [2.75, 3.05) is 6.54 Å². The molecule has 0 saturated heterocycles. The van der Waals surface area contributed by atoms with Crippen molar-refractivity contribution in [3.05, 3.63) is 59.2 Å². The standard InChI is InChI=1S/C18H21N3O2/c1-2-12-4-3-5-16-13(10-21-17(12)16)6-7-20-18(22)14-8-15(9-19)23-11-14/h3-5,8,10-11,21H,2,6-7,9,19H2,1H3,(H,20,22). The lowest BCUT2D eigenvalue weighted by Gasteiger charge is -2.04. The highest BCUT2D eigenvalue weighted by Crippen LogP contribution is 2.22. The highest BCUT2D eigenvalue weighted by molar-refractivity contribution is 5.94. The lowest BCUT2D eigenvalue weighted by atomic mass is 10.1. The number of nitrogens with one attached hydrogen (secondary N) is 2. The maximum Gasteiger partial charge on any atom is 0.254 e. The summed E-state index contributed by atoms with van der Waals surface area (Å²) in [6, 6.07) is 8.01. The van der Waals surface area contributed by atoms with E-state index in [2.05, 4.69) is 35.4 Å². The predicted molar refractivity (Wildman–Crippen MR) is 90.3 cm³/mol. The molecule has 0 radical (unpaired) electrons. The molecule has 0 fully saturated rings. The quantitative estimate of drug-likeness (QED) is 0.654. The third kappa shape index (κ3) is 3.14. The number of rotatable bonds is 6. The zero-order valence-corrected chi connectivity index (χ0v) is 13.2. The minimum Gasteiger partial charge on any atom is -0.467 e. The Kier molecular flexibility index (Phi) is 4.48. The summed E-state index contributed by atoms with van der Waals surface area (Å²) in [5.41, 5.74) is 9.70. The molecular formula is C18H21N3O2. The Hall–Kier alpha value is -2.53. The fourth-order valence-corrected chi connectivity index (χ4v) is 2.80. The summed E-state index contributed by atoms with van der Waals surface area (Å²) < 4.78 is 5.18. The normalized spacial score (nSPS) is 11.0. The van der Waals surface area contributed by atoms with Crippen LogP contribution in [0.2, 0.25) is 0 Å². The van der Waals surface area contributed by atoms with E-state index < -0.39 is 0 Å². The minimum atomic E-state index is -0.137. The van der Waals surface area contributed by atoms with Gasteiger partial charge in [-0.2, -0.15) is 0 Å². The van der Waals surface area contributed by atoms with E-state index in [-0.39, 0.29) is 5.91 Å². The van der Waals surface area contributed by atoms with Crippen LogP contribution in [0.15, 0.2) is 41.1 Å². The number of carbonyl (C=O) groups excluding carboxylic acids is 1. The van der Waals surface area contributed by atoms with Gasteiger partial charge in [-0.15, -0.1) is 0 Å². The predicted octanol–water partition coefficient (Wildman–Crippen LogP) is 2.75. The van der Waals surface area contributed by atoms with E-state index in [4.69, 9.17) is 10.2 Å². The van der Waals surface area contributed by atoms with E-state index in [1.165, 1.54) is 28.3 Å².